The molecule has 0 saturated carbocycles. The maximum absolute atomic E-state index is 12.8. The predicted octanol–water partition coefficient (Wildman–Crippen LogP) is 1.25. The zero-order chi connectivity index (χ0) is 18.4. The molecule has 8 nitrogen and oxygen atoms in total. The molecule has 0 aliphatic carbocycles. The first-order valence-corrected chi connectivity index (χ1v) is 11.7. The van der Waals surface area contributed by atoms with Gasteiger partial charge in [-0.3, -0.25) is 0 Å². The molecule has 1 aromatic rings. The summed E-state index contributed by atoms with van der Waals surface area (Å²) in [5.74, 6) is 0.0780. The summed E-state index contributed by atoms with van der Waals surface area (Å²) < 4.78 is 57.5. The number of hydrogen-bond donors (Lipinski definition) is 1. The van der Waals surface area contributed by atoms with Crippen LogP contribution in [0.2, 0.25) is 0 Å². The first kappa shape index (κ1) is 17.9. The van der Waals surface area contributed by atoms with Gasteiger partial charge >= 0.3 is 0 Å². The molecular formula is C16H22N4O4S2. The average molecular weight is 399 g/mol. The van der Waals surface area contributed by atoms with Crippen LogP contribution in [-0.2, 0) is 20.2 Å². The lowest BCUT2D eigenvalue weighted by Crippen LogP contribution is -2.49. The lowest BCUT2D eigenvalue weighted by Gasteiger charge is -2.35. The number of para-hydroxylation sites is 1. The fourth-order valence-corrected chi connectivity index (χ4v) is 6.74. The van der Waals surface area contributed by atoms with Crippen molar-refractivity contribution >= 4 is 31.8 Å². The SMILES string of the molecule is O=S1(=O)N=C(C2CCCN(S(=O)(=O)N3CCCC3)C2)Nc2ccccc21. The quantitative estimate of drug-likeness (QED) is 0.826. The second-order valence-electron chi connectivity index (χ2n) is 6.88. The second kappa shape index (κ2) is 6.59. The molecule has 3 heterocycles. The number of nitrogens with one attached hydrogen (secondary N) is 1. The summed E-state index contributed by atoms with van der Waals surface area (Å²) in [6.07, 6.45) is 3.16. The zero-order valence-corrected chi connectivity index (χ0v) is 16.0. The number of amidine groups is 1. The molecule has 1 unspecified atom stereocenters. The first-order chi connectivity index (χ1) is 12.4. The number of sulfonamides is 1. The van der Waals surface area contributed by atoms with E-state index >= 15 is 0 Å². The maximum Gasteiger partial charge on any atom is 0.286 e. The van der Waals surface area contributed by atoms with Crippen LogP contribution in [0.4, 0.5) is 5.69 Å². The maximum atomic E-state index is 12.8. The number of hydrogen-bond acceptors (Lipinski definition) is 5. The Morgan fingerprint density at radius 1 is 1.04 bits per heavy atom. The van der Waals surface area contributed by atoms with Gasteiger partial charge in [-0.2, -0.15) is 25.4 Å². The molecule has 3 aliphatic rings. The van der Waals surface area contributed by atoms with Crippen molar-refractivity contribution < 1.29 is 16.8 Å². The van der Waals surface area contributed by atoms with Crippen LogP contribution in [0.3, 0.4) is 0 Å². The summed E-state index contributed by atoms with van der Waals surface area (Å²) in [5.41, 5.74) is 0.497. The molecule has 0 bridgehead atoms. The zero-order valence-electron chi connectivity index (χ0n) is 14.3. The van der Waals surface area contributed by atoms with E-state index in [1.807, 2.05) is 0 Å². The van der Waals surface area contributed by atoms with E-state index in [0.29, 0.717) is 44.0 Å². The Labute approximate surface area is 154 Å². The van der Waals surface area contributed by atoms with Crippen LogP contribution in [0, 0.1) is 5.92 Å². The summed E-state index contributed by atoms with van der Waals surface area (Å²) in [6, 6.07) is 6.63. The highest BCUT2D eigenvalue weighted by Gasteiger charge is 2.38. The number of piperidine rings is 1. The van der Waals surface area contributed by atoms with Crippen LogP contribution in [0.25, 0.3) is 0 Å². The third-order valence-electron chi connectivity index (χ3n) is 5.13. The smallest absolute Gasteiger partial charge is 0.286 e. The minimum absolute atomic E-state index is 0.154. The van der Waals surface area contributed by atoms with E-state index in [-0.39, 0.29) is 17.4 Å². The van der Waals surface area contributed by atoms with E-state index in [4.69, 9.17) is 0 Å². The number of benzene rings is 1. The van der Waals surface area contributed by atoms with Gasteiger partial charge in [-0.15, -0.1) is 4.40 Å². The van der Waals surface area contributed by atoms with Crippen molar-refractivity contribution in [2.75, 3.05) is 31.5 Å². The Balaban J connectivity index is 1.58. The third-order valence-corrected chi connectivity index (χ3v) is 8.49. The van der Waals surface area contributed by atoms with Crippen LogP contribution < -0.4 is 5.32 Å². The Morgan fingerprint density at radius 2 is 1.73 bits per heavy atom. The van der Waals surface area contributed by atoms with E-state index in [2.05, 4.69) is 9.71 Å². The highest BCUT2D eigenvalue weighted by molar-refractivity contribution is 7.90. The van der Waals surface area contributed by atoms with Gasteiger partial charge in [0.2, 0.25) is 0 Å². The van der Waals surface area contributed by atoms with Gasteiger partial charge in [0, 0.05) is 32.1 Å². The summed E-state index contributed by atoms with van der Waals surface area (Å²) in [5, 5.41) is 3.10. The Hall–Kier alpha value is -1.49. The van der Waals surface area contributed by atoms with Gasteiger partial charge < -0.3 is 5.32 Å². The lowest BCUT2D eigenvalue weighted by molar-refractivity contribution is 0.289. The fourth-order valence-electron chi connectivity index (χ4n) is 3.77. The number of anilines is 1. The van der Waals surface area contributed by atoms with E-state index in [1.54, 1.807) is 18.2 Å². The van der Waals surface area contributed by atoms with Gasteiger partial charge in [-0.1, -0.05) is 12.1 Å². The van der Waals surface area contributed by atoms with Crippen LogP contribution in [0.5, 0.6) is 0 Å². The third kappa shape index (κ3) is 3.15. The van der Waals surface area contributed by atoms with Crippen LogP contribution in [-0.4, -0.2) is 57.5 Å². The first-order valence-electron chi connectivity index (χ1n) is 8.84. The van der Waals surface area contributed by atoms with E-state index in [0.717, 1.165) is 12.8 Å². The van der Waals surface area contributed by atoms with Crippen molar-refractivity contribution in [1.82, 2.24) is 8.61 Å². The molecule has 26 heavy (non-hydrogen) atoms. The summed E-state index contributed by atoms with van der Waals surface area (Å²) in [4.78, 5) is 0.154. The van der Waals surface area contributed by atoms with Gasteiger partial charge in [0.1, 0.15) is 10.7 Å². The number of fused-ring (bicyclic) bond motifs is 1. The van der Waals surface area contributed by atoms with Crippen molar-refractivity contribution in [3.05, 3.63) is 24.3 Å². The molecule has 1 aromatic carbocycles. The molecular weight excluding hydrogens is 376 g/mol. The van der Waals surface area contributed by atoms with Gasteiger partial charge in [0.15, 0.2) is 0 Å². The molecule has 1 atom stereocenters. The van der Waals surface area contributed by atoms with Crippen LogP contribution >= 0.6 is 0 Å². The molecule has 0 radical (unpaired) electrons. The van der Waals surface area contributed by atoms with Gasteiger partial charge in [0.25, 0.3) is 20.2 Å². The van der Waals surface area contributed by atoms with Gasteiger partial charge in [-0.05, 0) is 37.8 Å². The predicted molar refractivity (Wildman–Crippen MR) is 98.7 cm³/mol. The molecule has 142 valence electrons. The monoisotopic (exact) mass is 398 g/mol. The molecule has 0 amide bonds. The van der Waals surface area contributed by atoms with Crippen molar-refractivity contribution in [3.8, 4) is 0 Å². The fraction of sp³-hybridized carbons (Fsp3) is 0.562. The molecule has 0 aromatic heterocycles. The highest BCUT2D eigenvalue weighted by atomic mass is 32.2. The molecule has 2 fully saturated rings. The summed E-state index contributed by atoms with van der Waals surface area (Å²) in [7, 11) is -7.25. The van der Waals surface area contributed by atoms with Crippen molar-refractivity contribution in [1.29, 1.82) is 0 Å². The Kier molecular flexibility index (Phi) is 4.54. The normalized spacial score (nSPS) is 26.8. The summed E-state index contributed by atoms with van der Waals surface area (Å²) >= 11 is 0. The topological polar surface area (TPSA) is 99.1 Å². The van der Waals surface area contributed by atoms with Crippen molar-refractivity contribution in [3.63, 3.8) is 0 Å². The van der Waals surface area contributed by atoms with E-state index in [9.17, 15) is 16.8 Å². The minimum Gasteiger partial charge on any atom is -0.342 e. The molecule has 3 aliphatic heterocycles. The molecule has 0 spiro atoms. The molecule has 10 heteroatoms. The van der Waals surface area contributed by atoms with E-state index in [1.165, 1.54) is 14.7 Å². The Bertz CT molecular complexity index is 937. The van der Waals surface area contributed by atoms with E-state index < -0.39 is 20.2 Å². The van der Waals surface area contributed by atoms with Crippen molar-refractivity contribution in [2.24, 2.45) is 10.3 Å². The molecule has 2 saturated heterocycles. The Morgan fingerprint density at radius 3 is 2.50 bits per heavy atom. The molecule has 1 N–H and O–H groups in total. The lowest BCUT2D eigenvalue weighted by atomic mass is 9.98. The van der Waals surface area contributed by atoms with Gasteiger partial charge in [0.05, 0.1) is 5.69 Å². The highest BCUT2D eigenvalue weighted by Crippen LogP contribution is 2.31. The summed E-state index contributed by atoms with van der Waals surface area (Å²) in [6.45, 7) is 1.84. The van der Waals surface area contributed by atoms with Crippen LogP contribution in [0.15, 0.2) is 33.6 Å². The van der Waals surface area contributed by atoms with Crippen LogP contribution in [0.1, 0.15) is 25.7 Å². The van der Waals surface area contributed by atoms with Gasteiger partial charge in [-0.25, -0.2) is 0 Å². The molecule has 4 rings (SSSR count). The minimum atomic E-state index is -3.76. The average Bonchev–Trinajstić information content (AvgIpc) is 3.17. The van der Waals surface area contributed by atoms with Crippen molar-refractivity contribution in [2.45, 2.75) is 30.6 Å². The second-order valence-corrected chi connectivity index (χ2v) is 10.4. The number of rotatable bonds is 3. The standard InChI is InChI=1S/C16H22N4O4S2/c21-25(22)15-8-2-1-7-14(15)17-16(18-25)13-6-5-11-20(12-13)26(23,24)19-9-3-4-10-19/h1-2,7-8,13H,3-6,9-12H2,(H,17,18). The largest absolute Gasteiger partial charge is 0.342 e. The number of nitrogens with zero attached hydrogens (tertiary/aromatic N) is 3.